The summed E-state index contributed by atoms with van der Waals surface area (Å²) in [5.74, 6) is 0.0940. The summed E-state index contributed by atoms with van der Waals surface area (Å²) in [6.07, 6.45) is 0.0258. The first-order chi connectivity index (χ1) is 8.09. The van der Waals surface area contributed by atoms with E-state index in [-0.39, 0.29) is 17.9 Å². The molecule has 0 bridgehead atoms. The van der Waals surface area contributed by atoms with Crippen LogP contribution >= 0.6 is 0 Å². The van der Waals surface area contributed by atoms with Crippen molar-refractivity contribution in [1.29, 1.82) is 0 Å². The van der Waals surface area contributed by atoms with Crippen molar-refractivity contribution in [3.8, 4) is 0 Å². The Morgan fingerprint density at radius 3 is 2.47 bits per heavy atom. The Morgan fingerprint density at radius 2 is 1.88 bits per heavy atom. The first kappa shape index (κ1) is 13.7. The van der Waals surface area contributed by atoms with Crippen molar-refractivity contribution in [1.82, 2.24) is 5.32 Å². The van der Waals surface area contributed by atoms with Crippen LogP contribution in [0.3, 0.4) is 0 Å². The maximum absolute atomic E-state index is 11.4. The van der Waals surface area contributed by atoms with Crippen LogP contribution in [0, 0.1) is 5.92 Å². The molecular weight excluding hydrogens is 214 g/mol. The maximum Gasteiger partial charge on any atom is 0.222 e. The lowest BCUT2D eigenvalue weighted by atomic mass is 10.2. The summed E-state index contributed by atoms with van der Waals surface area (Å²) in [5.41, 5.74) is 1.15. The van der Waals surface area contributed by atoms with Crippen molar-refractivity contribution in [2.24, 2.45) is 5.92 Å². The molecule has 0 fully saturated rings. The van der Waals surface area contributed by atoms with E-state index in [0.717, 1.165) is 5.56 Å². The van der Waals surface area contributed by atoms with E-state index in [0.29, 0.717) is 13.2 Å². The molecule has 0 saturated carbocycles. The second-order valence-corrected chi connectivity index (χ2v) is 4.51. The monoisotopic (exact) mass is 235 g/mol. The topological polar surface area (TPSA) is 38.3 Å². The van der Waals surface area contributed by atoms with E-state index in [1.165, 1.54) is 0 Å². The Bertz CT molecular complexity index is 335. The second kappa shape index (κ2) is 7.07. The van der Waals surface area contributed by atoms with E-state index < -0.39 is 0 Å². The molecule has 0 aromatic heterocycles. The van der Waals surface area contributed by atoms with Gasteiger partial charge < -0.3 is 10.1 Å². The van der Waals surface area contributed by atoms with Gasteiger partial charge in [0.25, 0.3) is 0 Å². The van der Waals surface area contributed by atoms with Crippen LogP contribution < -0.4 is 5.32 Å². The minimum atomic E-state index is 0.0244. The molecule has 1 amide bonds. The molecule has 1 unspecified atom stereocenters. The quantitative estimate of drug-likeness (QED) is 0.822. The number of rotatable bonds is 6. The predicted molar refractivity (Wildman–Crippen MR) is 68.5 cm³/mol. The second-order valence-electron chi connectivity index (χ2n) is 4.51. The van der Waals surface area contributed by atoms with Gasteiger partial charge in [-0.15, -0.1) is 0 Å². The molecule has 1 aromatic rings. The zero-order valence-corrected chi connectivity index (χ0v) is 10.8. The van der Waals surface area contributed by atoms with Gasteiger partial charge in [0.15, 0.2) is 0 Å². The van der Waals surface area contributed by atoms with E-state index in [9.17, 15) is 4.79 Å². The van der Waals surface area contributed by atoms with Gasteiger partial charge in [0.1, 0.15) is 0 Å². The highest BCUT2D eigenvalue weighted by molar-refractivity contribution is 5.77. The number of hydrogen-bond acceptors (Lipinski definition) is 2. The fourth-order valence-corrected chi connectivity index (χ4v) is 1.32. The van der Waals surface area contributed by atoms with Crippen LogP contribution in [-0.4, -0.2) is 18.6 Å². The van der Waals surface area contributed by atoms with E-state index in [1.807, 2.05) is 51.1 Å². The average Bonchev–Trinajstić information content (AvgIpc) is 2.34. The predicted octanol–water partition coefficient (Wildman–Crippen LogP) is 2.36. The van der Waals surface area contributed by atoms with E-state index in [2.05, 4.69) is 5.32 Å². The number of nitrogens with one attached hydrogen (secondary N) is 1. The highest BCUT2D eigenvalue weighted by Crippen LogP contribution is 2.03. The minimum absolute atomic E-state index is 0.0244. The van der Waals surface area contributed by atoms with Gasteiger partial charge in [-0.3, -0.25) is 4.79 Å². The molecular formula is C14H21NO2. The zero-order valence-electron chi connectivity index (χ0n) is 10.8. The largest absolute Gasteiger partial charge is 0.372 e. The molecule has 1 aromatic carbocycles. The van der Waals surface area contributed by atoms with Crippen LogP contribution in [0.2, 0.25) is 0 Å². The third-order valence-corrected chi connectivity index (χ3v) is 2.47. The molecule has 0 saturated heterocycles. The maximum atomic E-state index is 11.4. The summed E-state index contributed by atoms with van der Waals surface area (Å²) in [6.45, 7) is 6.86. The lowest BCUT2D eigenvalue weighted by Crippen LogP contribution is -2.34. The van der Waals surface area contributed by atoms with Crippen LogP contribution in [-0.2, 0) is 16.1 Å². The van der Waals surface area contributed by atoms with Crippen molar-refractivity contribution < 1.29 is 9.53 Å². The van der Waals surface area contributed by atoms with Gasteiger partial charge in [-0.05, 0) is 12.5 Å². The molecule has 1 N–H and O–H groups in total. The number of amides is 1. The molecule has 3 heteroatoms. The molecule has 0 radical (unpaired) electrons. The highest BCUT2D eigenvalue weighted by atomic mass is 16.5. The molecule has 0 heterocycles. The van der Waals surface area contributed by atoms with Gasteiger partial charge in [0.05, 0.1) is 12.7 Å². The van der Waals surface area contributed by atoms with Crippen molar-refractivity contribution in [2.45, 2.75) is 33.5 Å². The first-order valence-corrected chi connectivity index (χ1v) is 6.03. The Balaban J connectivity index is 2.22. The third-order valence-electron chi connectivity index (χ3n) is 2.47. The van der Waals surface area contributed by atoms with Crippen LogP contribution in [0.4, 0.5) is 0 Å². The Hall–Kier alpha value is -1.35. The summed E-state index contributed by atoms with van der Waals surface area (Å²) < 4.78 is 5.64. The molecule has 94 valence electrons. The van der Waals surface area contributed by atoms with E-state index >= 15 is 0 Å². The Labute approximate surface area is 103 Å². The summed E-state index contributed by atoms with van der Waals surface area (Å²) in [6, 6.07) is 10.0. The first-order valence-electron chi connectivity index (χ1n) is 6.03. The zero-order chi connectivity index (χ0) is 12.7. The lowest BCUT2D eigenvalue weighted by Gasteiger charge is -2.15. The van der Waals surface area contributed by atoms with Crippen molar-refractivity contribution in [3.63, 3.8) is 0 Å². The Kier molecular flexibility index (Phi) is 5.70. The molecule has 0 aliphatic heterocycles. The van der Waals surface area contributed by atoms with Gasteiger partial charge in [0.2, 0.25) is 5.91 Å². The van der Waals surface area contributed by atoms with Crippen molar-refractivity contribution >= 4 is 5.91 Å². The van der Waals surface area contributed by atoms with E-state index in [4.69, 9.17) is 4.74 Å². The molecule has 17 heavy (non-hydrogen) atoms. The number of ether oxygens (including phenoxy) is 1. The lowest BCUT2D eigenvalue weighted by molar-refractivity contribution is -0.124. The molecule has 1 atom stereocenters. The number of hydrogen-bond donors (Lipinski definition) is 1. The fraction of sp³-hybridized carbons (Fsp3) is 0.500. The van der Waals surface area contributed by atoms with Crippen molar-refractivity contribution in [3.05, 3.63) is 35.9 Å². The van der Waals surface area contributed by atoms with Crippen LogP contribution in [0.25, 0.3) is 0 Å². The van der Waals surface area contributed by atoms with Crippen LogP contribution in [0.15, 0.2) is 30.3 Å². The molecule has 1 rings (SSSR count). The van der Waals surface area contributed by atoms with Gasteiger partial charge >= 0.3 is 0 Å². The van der Waals surface area contributed by atoms with Gasteiger partial charge in [-0.1, -0.05) is 44.2 Å². The van der Waals surface area contributed by atoms with Crippen LogP contribution in [0.1, 0.15) is 26.3 Å². The Morgan fingerprint density at radius 1 is 1.24 bits per heavy atom. The summed E-state index contributed by atoms with van der Waals surface area (Å²) in [5, 5.41) is 2.85. The number of carbonyl (C=O) groups excluding carboxylic acids is 1. The average molecular weight is 235 g/mol. The van der Waals surface area contributed by atoms with Crippen LogP contribution in [0.5, 0.6) is 0 Å². The van der Waals surface area contributed by atoms with Gasteiger partial charge in [-0.25, -0.2) is 0 Å². The summed E-state index contributed by atoms with van der Waals surface area (Å²) in [4.78, 5) is 11.4. The SMILES string of the molecule is CC(CNC(=O)C(C)C)OCc1ccccc1. The molecule has 0 aliphatic rings. The molecule has 0 aliphatic carbocycles. The highest BCUT2D eigenvalue weighted by Gasteiger charge is 2.08. The number of benzene rings is 1. The summed E-state index contributed by atoms with van der Waals surface area (Å²) >= 11 is 0. The van der Waals surface area contributed by atoms with Crippen molar-refractivity contribution in [2.75, 3.05) is 6.54 Å². The molecule has 3 nitrogen and oxygen atoms in total. The normalized spacial score (nSPS) is 12.5. The van der Waals surface area contributed by atoms with Gasteiger partial charge in [0, 0.05) is 12.5 Å². The van der Waals surface area contributed by atoms with Gasteiger partial charge in [-0.2, -0.15) is 0 Å². The minimum Gasteiger partial charge on any atom is -0.372 e. The fourth-order valence-electron chi connectivity index (χ4n) is 1.32. The standard InChI is InChI=1S/C14H21NO2/c1-11(2)14(16)15-9-12(3)17-10-13-7-5-4-6-8-13/h4-8,11-12H,9-10H2,1-3H3,(H,15,16). The molecule has 0 spiro atoms. The van der Waals surface area contributed by atoms with E-state index in [1.54, 1.807) is 0 Å². The smallest absolute Gasteiger partial charge is 0.222 e. The third kappa shape index (κ3) is 5.50. The number of carbonyl (C=O) groups is 1. The summed E-state index contributed by atoms with van der Waals surface area (Å²) in [7, 11) is 0.